The van der Waals surface area contributed by atoms with Gasteiger partial charge in [0.05, 0.1) is 5.56 Å². The normalized spacial score (nSPS) is 10.7. The van der Waals surface area contributed by atoms with Crippen molar-refractivity contribution in [2.45, 2.75) is 37.5 Å². The Kier molecular flexibility index (Phi) is 5.80. The van der Waals surface area contributed by atoms with Crippen LogP contribution in [0.15, 0.2) is 35.7 Å². The van der Waals surface area contributed by atoms with Crippen LogP contribution in [0.1, 0.15) is 32.6 Å². The molecule has 0 amide bonds. The van der Waals surface area contributed by atoms with Gasteiger partial charge in [0.25, 0.3) is 0 Å². The minimum atomic E-state index is 0.217. The van der Waals surface area contributed by atoms with Crippen molar-refractivity contribution in [3.8, 4) is 17.1 Å². The molecule has 0 aliphatic rings. The van der Waals surface area contributed by atoms with Crippen LogP contribution < -0.4 is 0 Å². The van der Waals surface area contributed by atoms with E-state index in [2.05, 4.69) is 21.9 Å². The Morgan fingerprint density at radius 3 is 2.60 bits per heavy atom. The first kappa shape index (κ1) is 14.8. The molecule has 2 rings (SSSR count). The lowest BCUT2D eigenvalue weighted by Crippen LogP contribution is -1.90. The van der Waals surface area contributed by atoms with Crippen LogP contribution >= 0.6 is 11.8 Å². The zero-order chi connectivity index (χ0) is 14.2. The van der Waals surface area contributed by atoms with Crippen molar-refractivity contribution >= 4 is 11.8 Å². The summed E-state index contributed by atoms with van der Waals surface area (Å²) in [5, 5.41) is 10.1. The Hall–Kier alpha value is -1.62. The molecule has 4 nitrogen and oxygen atoms in total. The van der Waals surface area contributed by atoms with E-state index in [-0.39, 0.29) is 5.75 Å². The average Bonchev–Trinajstić information content (AvgIpc) is 2.48. The second-order valence-corrected chi connectivity index (χ2v) is 5.72. The highest BCUT2D eigenvalue weighted by molar-refractivity contribution is 7.99. The summed E-state index contributed by atoms with van der Waals surface area (Å²) in [6, 6.07) is 5.64. The Morgan fingerprint density at radius 2 is 1.90 bits per heavy atom. The highest BCUT2D eigenvalue weighted by Gasteiger charge is 2.07. The molecule has 20 heavy (non-hydrogen) atoms. The molecule has 0 aliphatic heterocycles. The number of aromatic hydroxyl groups is 1. The number of thioether (sulfide) groups is 1. The van der Waals surface area contributed by atoms with Crippen LogP contribution in [0.25, 0.3) is 11.4 Å². The van der Waals surface area contributed by atoms with Crippen molar-refractivity contribution in [2.24, 2.45) is 0 Å². The molecule has 0 aliphatic carbocycles. The zero-order valence-corrected chi connectivity index (χ0v) is 12.4. The standard InChI is InChI=1S/C15H19N3OS/c1-2-3-4-5-8-20-12-6-7-13(14(19)9-12)15-17-10-16-11-18-15/h6-7,9-11,19H,2-5,8H2,1H3. The molecule has 5 heteroatoms. The third-order valence-corrected chi connectivity index (χ3v) is 4.05. The second kappa shape index (κ2) is 7.85. The molecule has 1 heterocycles. The summed E-state index contributed by atoms with van der Waals surface area (Å²) in [5.41, 5.74) is 0.641. The predicted molar refractivity (Wildman–Crippen MR) is 81.8 cm³/mol. The lowest BCUT2D eigenvalue weighted by Gasteiger charge is -2.06. The summed E-state index contributed by atoms with van der Waals surface area (Å²) >= 11 is 1.78. The highest BCUT2D eigenvalue weighted by Crippen LogP contribution is 2.31. The molecule has 0 fully saturated rings. The van der Waals surface area contributed by atoms with E-state index in [1.165, 1.54) is 38.3 Å². The summed E-state index contributed by atoms with van der Waals surface area (Å²) in [4.78, 5) is 12.9. The van der Waals surface area contributed by atoms with E-state index in [1.807, 2.05) is 12.1 Å². The maximum atomic E-state index is 10.1. The number of phenols is 1. The fourth-order valence-electron chi connectivity index (χ4n) is 1.89. The van der Waals surface area contributed by atoms with E-state index in [1.54, 1.807) is 17.8 Å². The van der Waals surface area contributed by atoms with Crippen LogP contribution in [0.2, 0.25) is 0 Å². The van der Waals surface area contributed by atoms with E-state index in [0.717, 1.165) is 10.6 Å². The molecule has 1 aromatic heterocycles. The van der Waals surface area contributed by atoms with Crippen molar-refractivity contribution in [1.29, 1.82) is 0 Å². The lowest BCUT2D eigenvalue weighted by atomic mass is 10.2. The van der Waals surface area contributed by atoms with Gasteiger partial charge in [-0.2, -0.15) is 0 Å². The van der Waals surface area contributed by atoms with E-state index in [4.69, 9.17) is 0 Å². The van der Waals surface area contributed by atoms with E-state index < -0.39 is 0 Å². The highest BCUT2D eigenvalue weighted by atomic mass is 32.2. The van der Waals surface area contributed by atoms with Gasteiger partial charge < -0.3 is 5.11 Å². The van der Waals surface area contributed by atoms with Crippen molar-refractivity contribution in [1.82, 2.24) is 15.0 Å². The maximum Gasteiger partial charge on any atom is 0.166 e. The fourth-order valence-corrected chi connectivity index (χ4v) is 2.83. The number of hydrogen-bond donors (Lipinski definition) is 1. The Bertz CT molecular complexity index is 534. The SMILES string of the molecule is CCCCCCSc1ccc(-c2ncncn2)c(O)c1. The lowest BCUT2D eigenvalue weighted by molar-refractivity contribution is 0.475. The third kappa shape index (κ3) is 4.20. The Morgan fingerprint density at radius 1 is 1.10 bits per heavy atom. The molecule has 0 saturated carbocycles. The summed E-state index contributed by atoms with van der Waals surface area (Å²) in [5.74, 6) is 1.80. The van der Waals surface area contributed by atoms with Crippen LogP contribution in [0, 0.1) is 0 Å². The molecule has 1 aromatic carbocycles. The smallest absolute Gasteiger partial charge is 0.166 e. The summed E-state index contributed by atoms with van der Waals surface area (Å²) in [7, 11) is 0. The van der Waals surface area contributed by atoms with Gasteiger partial charge in [0.1, 0.15) is 18.4 Å². The maximum absolute atomic E-state index is 10.1. The van der Waals surface area contributed by atoms with Crippen LogP contribution in [0.5, 0.6) is 5.75 Å². The molecular formula is C15H19N3OS. The van der Waals surface area contributed by atoms with E-state index >= 15 is 0 Å². The first-order valence-electron chi connectivity index (χ1n) is 6.89. The molecule has 0 spiro atoms. The summed E-state index contributed by atoms with van der Waals surface area (Å²) < 4.78 is 0. The molecular weight excluding hydrogens is 270 g/mol. The summed E-state index contributed by atoms with van der Waals surface area (Å²) in [6.07, 6.45) is 7.90. The van der Waals surface area contributed by atoms with Gasteiger partial charge in [-0.3, -0.25) is 0 Å². The zero-order valence-electron chi connectivity index (χ0n) is 11.6. The molecule has 0 bridgehead atoms. The van der Waals surface area contributed by atoms with Crippen LogP contribution in [0.4, 0.5) is 0 Å². The molecule has 0 unspecified atom stereocenters. The molecule has 0 saturated heterocycles. The fraction of sp³-hybridized carbons (Fsp3) is 0.400. The number of benzene rings is 1. The van der Waals surface area contributed by atoms with Crippen molar-refractivity contribution in [3.05, 3.63) is 30.9 Å². The van der Waals surface area contributed by atoms with Gasteiger partial charge in [0.15, 0.2) is 5.82 Å². The molecule has 2 aromatic rings. The van der Waals surface area contributed by atoms with E-state index in [0.29, 0.717) is 11.4 Å². The van der Waals surface area contributed by atoms with Gasteiger partial charge in [0.2, 0.25) is 0 Å². The first-order chi connectivity index (χ1) is 9.81. The molecule has 1 N–H and O–H groups in total. The quantitative estimate of drug-likeness (QED) is 0.618. The van der Waals surface area contributed by atoms with Crippen molar-refractivity contribution in [2.75, 3.05) is 5.75 Å². The minimum absolute atomic E-state index is 0.217. The van der Waals surface area contributed by atoms with Gasteiger partial charge in [-0.1, -0.05) is 26.2 Å². The number of rotatable bonds is 7. The molecule has 0 radical (unpaired) electrons. The van der Waals surface area contributed by atoms with Crippen molar-refractivity contribution in [3.63, 3.8) is 0 Å². The van der Waals surface area contributed by atoms with Gasteiger partial charge >= 0.3 is 0 Å². The van der Waals surface area contributed by atoms with E-state index in [9.17, 15) is 5.11 Å². The largest absolute Gasteiger partial charge is 0.507 e. The number of nitrogens with zero attached hydrogens (tertiary/aromatic N) is 3. The monoisotopic (exact) mass is 289 g/mol. The second-order valence-electron chi connectivity index (χ2n) is 4.55. The predicted octanol–water partition coefficient (Wildman–Crippen LogP) is 3.92. The number of phenolic OH excluding ortho intramolecular Hbond substituents is 1. The van der Waals surface area contributed by atoms with Gasteiger partial charge in [-0.25, -0.2) is 15.0 Å². The molecule has 106 valence electrons. The van der Waals surface area contributed by atoms with Crippen LogP contribution in [-0.2, 0) is 0 Å². The topological polar surface area (TPSA) is 58.9 Å². The third-order valence-electron chi connectivity index (χ3n) is 2.97. The number of hydrogen-bond acceptors (Lipinski definition) is 5. The minimum Gasteiger partial charge on any atom is -0.507 e. The van der Waals surface area contributed by atoms with Gasteiger partial charge in [-0.05, 0) is 30.4 Å². The van der Waals surface area contributed by atoms with Crippen LogP contribution in [0.3, 0.4) is 0 Å². The van der Waals surface area contributed by atoms with Gasteiger partial charge in [-0.15, -0.1) is 11.8 Å². The average molecular weight is 289 g/mol. The van der Waals surface area contributed by atoms with Crippen LogP contribution in [-0.4, -0.2) is 25.8 Å². The van der Waals surface area contributed by atoms with Gasteiger partial charge in [0, 0.05) is 4.90 Å². The number of unbranched alkanes of at least 4 members (excludes halogenated alkanes) is 3. The molecule has 0 atom stereocenters. The first-order valence-corrected chi connectivity index (χ1v) is 7.88. The Labute approximate surface area is 123 Å². The van der Waals surface area contributed by atoms with Crippen molar-refractivity contribution < 1.29 is 5.11 Å². The summed E-state index contributed by atoms with van der Waals surface area (Å²) in [6.45, 7) is 2.21. The Balaban J connectivity index is 1.96. The number of aromatic nitrogens is 3.